The molecule has 1 aromatic carbocycles. The highest BCUT2D eigenvalue weighted by Crippen LogP contribution is 2.26. The van der Waals surface area contributed by atoms with E-state index < -0.39 is 0 Å². The molecular formula is C12H18ClNO. The molecule has 0 amide bonds. The lowest BCUT2D eigenvalue weighted by Gasteiger charge is -2.09. The third-order valence-corrected chi connectivity index (χ3v) is 2.43. The minimum atomic E-state index is 0.583. The van der Waals surface area contributed by atoms with Gasteiger partial charge in [0, 0.05) is 5.69 Å². The maximum atomic E-state index is 5.97. The topological polar surface area (TPSA) is 35.2 Å². The average Bonchev–Trinajstić information content (AvgIpc) is 2.14. The first-order valence-corrected chi connectivity index (χ1v) is 5.65. The molecule has 0 unspecified atom stereocenters. The van der Waals surface area contributed by atoms with Gasteiger partial charge in [0.2, 0.25) is 0 Å². The van der Waals surface area contributed by atoms with E-state index in [1.165, 1.54) is 6.42 Å². The van der Waals surface area contributed by atoms with Gasteiger partial charge in [-0.2, -0.15) is 0 Å². The molecule has 0 heterocycles. The Morgan fingerprint density at radius 2 is 2.13 bits per heavy atom. The molecule has 0 spiro atoms. The summed E-state index contributed by atoms with van der Waals surface area (Å²) in [7, 11) is 0. The van der Waals surface area contributed by atoms with Gasteiger partial charge in [0.1, 0.15) is 5.75 Å². The van der Waals surface area contributed by atoms with Crippen LogP contribution >= 0.6 is 11.6 Å². The largest absolute Gasteiger partial charge is 0.492 e. The first-order valence-electron chi connectivity index (χ1n) is 5.27. The first-order chi connectivity index (χ1) is 7.09. The van der Waals surface area contributed by atoms with Gasteiger partial charge in [-0.3, -0.25) is 0 Å². The Kier molecular flexibility index (Phi) is 4.76. The second-order valence-electron chi connectivity index (χ2n) is 4.07. The monoisotopic (exact) mass is 227 g/mol. The summed E-state index contributed by atoms with van der Waals surface area (Å²) in [6.07, 6.45) is 2.23. The van der Waals surface area contributed by atoms with Gasteiger partial charge < -0.3 is 10.5 Å². The number of ether oxygens (including phenoxy) is 1. The van der Waals surface area contributed by atoms with Gasteiger partial charge in [0.25, 0.3) is 0 Å². The Morgan fingerprint density at radius 1 is 1.40 bits per heavy atom. The predicted octanol–water partition coefficient (Wildman–Crippen LogP) is 3.74. The molecule has 2 nitrogen and oxygen atoms in total. The molecule has 0 fully saturated rings. The normalized spacial score (nSPS) is 10.7. The minimum Gasteiger partial charge on any atom is -0.492 e. The van der Waals surface area contributed by atoms with Crippen molar-refractivity contribution in [1.29, 1.82) is 0 Å². The van der Waals surface area contributed by atoms with Crippen LogP contribution in [0.15, 0.2) is 18.2 Å². The number of anilines is 1. The molecule has 2 N–H and O–H groups in total. The van der Waals surface area contributed by atoms with Crippen molar-refractivity contribution in [2.75, 3.05) is 12.3 Å². The van der Waals surface area contributed by atoms with Crippen LogP contribution < -0.4 is 10.5 Å². The van der Waals surface area contributed by atoms with Crippen molar-refractivity contribution in [3.05, 3.63) is 23.2 Å². The molecule has 0 aliphatic heterocycles. The number of hydrogen-bond acceptors (Lipinski definition) is 2. The maximum absolute atomic E-state index is 5.97. The van der Waals surface area contributed by atoms with E-state index in [-0.39, 0.29) is 0 Å². The smallest absolute Gasteiger partial charge is 0.138 e. The zero-order valence-electron chi connectivity index (χ0n) is 9.29. The Bertz CT molecular complexity index is 312. The molecule has 0 saturated carbocycles. The van der Waals surface area contributed by atoms with Crippen LogP contribution in [-0.2, 0) is 0 Å². The summed E-state index contributed by atoms with van der Waals surface area (Å²) in [4.78, 5) is 0. The van der Waals surface area contributed by atoms with Crippen LogP contribution in [0, 0.1) is 5.92 Å². The molecule has 0 atom stereocenters. The standard InChI is InChI=1S/C12H18ClNO/c1-9(2)4-3-7-15-12-6-5-10(14)8-11(12)13/h5-6,8-9H,3-4,7,14H2,1-2H3. The predicted molar refractivity (Wildman–Crippen MR) is 65.4 cm³/mol. The van der Waals surface area contributed by atoms with Gasteiger partial charge in [-0.25, -0.2) is 0 Å². The molecule has 0 bridgehead atoms. The van der Waals surface area contributed by atoms with Crippen LogP contribution in [0.2, 0.25) is 5.02 Å². The Labute approximate surface area is 96.4 Å². The lowest BCUT2D eigenvalue weighted by molar-refractivity contribution is 0.298. The molecule has 0 radical (unpaired) electrons. The third kappa shape index (κ3) is 4.43. The SMILES string of the molecule is CC(C)CCCOc1ccc(N)cc1Cl. The second-order valence-corrected chi connectivity index (χ2v) is 4.48. The summed E-state index contributed by atoms with van der Waals surface area (Å²) >= 11 is 5.97. The van der Waals surface area contributed by atoms with Crippen molar-refractivity contribution in [2.45, 2.75) is 26.7 Å². The van der Waals surface area contributed by atoms with Gasteiger partial charge >= 0.3 is 0 Å². The van der Waals surface area contributed by atoms with E-state index in [0.717, 1.165) is 18.1 Å². The van der Waals surface area contributed by atoms with Gasteiger partial charge in [0.15, 0.2) is 0 Å². The number of nitrogens with two attached hydrogens (primary N) is 1. The summed E-state index contributed by atoms with van der Waals surface area (Å²) in [5.41, 5.74) is 6.24. The number of nitrogen functional groups attached to an aromatic ring is 1. The molecule has 1 aromatic rings. The van der Waals surface area contributed by atoms with E-state index in [2.05, 4.69) is 13.8 Å². The molecule has 84 valence electrons. The van der Waals surface area contributed by atoms with Gasteiger partial charge in [-0.15, -0.1) is 0 Å². The van der Waals surface area contributed by atoms with Crippen molar-refractivity contribution in [3.63, 3.8) is 0 Å². The lowest BCUT2D eigenvalue weighted by Crippen LogP contribution is -2.00. The van der Waals surface area contributed by atoms with Crippen LogP contribution in [-0.4, -0.2) is 6.61 Å². The molecule has 0 aliphatic rings. The number of halogens is 1. The maximum Gasteiger partial charge on any atom is 0.138 e. The minimum absolute atomic E-state index is 0.583. The zero-order chi connectivity index (χ0) is 11.3. The van der Waals surface area contributed by atoms with Gasteiger partial charge in [-0.05, 0) is 37.0 Å². The van der Waals surface area contributed by atoms with Crippen LogP contribution in [0.4, 0.5) is 5.69 Å². The highest BCUT2D eigenvalue weighted by molar-refractivity contribution is 6.32. The molecule has 15 heavy (non-hydrogen) atoms. The van der Waals surface area contributed by atoms with Gasteiger partial charge in [0.05, 0.1) is 11.6 Å². The number of rotatable bonds is 5. The van der Waals surface area contributed by atoms with Crippen molar-refractivity contribution < 1.29 is 4.74 Å². The summed E-state index contributed by atoms with van der Waals surface area (Å²) in [6, 6.07) is 5.32. The van der Waals surface area contributed by atoms with Crippen molar-refractivity contribution >= 4 is 17.3 Å². The molecule has 1 rings (SSSR count). The van der Waals surface area contributed by atoms with E-state index >= 15 is 0 Å². The average molecular weight is 228 g/mol. The number of hydrogen-bond donors (Lipinski definition) is 1. The number of benzene rings is 1. The van der Waals surface area contributed by atoms with Gasteiger partial charge in [-0.1, -0.05) is 25.4 Å². The Balaban J connectivity index is 2.37. The summed E-state index contributed by atoms with van der Waals surface area (Å²) in [6.45, 7) is 5.12. The Hall–Kier alpha value is -0.890. The second kappa shape index (κ2) is 5.86. The van der Waals surface area contributed by atoms with Crippen molar-refractivity contribution in [1.82, 2.24) is 0 Å². The fourth-order valence-electron chi connectivity index (χ4n) is 1.31. The highest BCUT2D eigenvalue weighted by atomic mass is 35.5. The van der Waals surface area contributed by atoms with Crippen LogP contribution in [0.1, 0.15) is 26.7 Å². The van der Waals surface area contributed by atoms with Crippen LogP contribution in [0.3, 0.4) is 0 Å². The van der Waals surface area contributed by atoms with E-state index in [1.54, 1.807) is 12.1 Å². The quantitative estimate of drug-likeness (QED) is 0.615. The van der Waals surface area contributed by atoms with Crippen molar-refractivity contribution in [2.24, 2.45) is 5.92 Å². The van der Waals surface area contributed by atoms with E-state index in [4.69, 9.17) is 22.1 Å². The summed E-state index contributed by atoms with van der Waals surface area (Å²) in [5, 5.41) is 0.583. The summed E-state index contributed by atoms with van der Waals surface area (Å²) < 4.78 is 5.55. The summed E-state index contributed by atoms with van der Waals surface area (Å²) in [5.74, 6) is 1.44. The zero-order valence-corrected chi connectivity index (χ0v) is 10.1. The lowest BCUT2D eigenvalue weighted by atomic mass is 10.1. The van der Waals surface area contributed by atoms with E-state index in [0.29, 0.717) is 17.3 Å². The highest BCUT2D eigenvalue weighted by Gasteiger charge is 2.01. The van der Waals surface area contributed by atoms with Crippen molar-refractivity contribution in [3.8, 4) is 5.75 Å². The molecule has 0 saturated heterocycles. The van der Waals surface area contributed by atoms with Crippen LogP contribution in [0.25, 0.3) is 0 Å². The van der Waals surface area contributed by atoms with E-state index in [9.17, 15) is 0 Å². The Morgan fingerprint density at radius 3 is 2.73 bits per heavy atom. The van der Waals surface area contributed by atoms with E-state index in [1.807, 2.05) is 6.07 Å². The van der Waals surface area contributed by atoms with Crippen LogP contribution in [0.5, 0.6) is 5.75 Å². The fourth-order valence-corrected chi connectivity index (χ4v) is 1.55. The molecule has 3 heteroatoms. The molecule has 0 aromatic heterocycles. The third-order valence-electron chi connectivity index (χ3n) is 2.14. The molecule has 0 aliphatic carbocycles. The molecular weight excluding hydrogens is 210 g/mol. The first kappa shape index (κ1) is 12.2. The fraction of sp³-hybridized carbons (Fsp3) is 0.500.